The third kappa shape index (κ3) is 4.79. The molecule has 2 fully saturated rings. The van der Waals surface area contributed by atoms with Crippen molar-refractivity contribution in [2.45, 2.75) is 30.6 Å². The number of carbonyl (C=O) groups is 3. The number of carbonyl (C=O) groups excluding carboxylic acids is 3. The summed E-state index contributed by atoms with van der Waals surface area (Å²) in [5.41, 5.74) is 2.33. The van der Waals surface area contributed by atoms with Crippen LogP contribution < -0.4 is 9.47 Å². The standard InChI is InChI=1S/C33H26FN3O9/c34-23-6-7-24-26(13-23)46-35-29(24)21-8-10-36(33(15-21)44-30(38)31(39)45-33)16-22(19-4-2-1-3-5-19)17-41-32(40)37-11-9-20-12-27-28(14-25(20)37)43-18-42-27/h1-7,9,11-14,21-22H,8,10,15-18H2. The number of aromatic nitrogens is 2. The lowest BCUT2D eigenvalue weighted by molar-refractivity contribution is -0.268. The van der Waals surface area contributed by atoms with E-state index in [1.165, 1.54) is 16.7 Å². The molecule has 2 atom stereocenters. The Bertz CT molecular complexity index is 1990. The van der Waals surface area contributed by atoms with Crippen LogP contribution in [-0.2, 0) is 23.8 Å². The van der Waals surface area contributed by atoms with E-state index in [1.54, 1.807) is 29.3 Å². The Balaban J connectivity index is 1.05. The van der Waals surface area contributed by atoms with Gasteiger partial charge in [-0.1, -0.05) is 35.5 Å². The Morgan fingerprint density at radius 2 is 1.80 bits per heavy atom. The molecule has 3 aromatic carbocycles. The Labute approximate surface area is 260 Å². The van der Waals surface area contributed by atoms with E-state index in [1.807, 2.05) is 36.4 Å². The van der Waals surface area contributed by atoms with Gasteiger partial charge in [-0.25, -0.2) is 23.7 Å². The summed E-state index contributed by atoms with van der Waals surface area (Å²) < 4.78 is 48.6. The normalized spacial score (nSPS) is 19.5. The molecule has 8 rings (SSSR count). The molecule has 234 valence electrons. The highest BCUT2D eigenvalue weighted by atomic mass is 19.1. The van der Waals surface area contributed by atoms with E-state index in [2.05, 4.69) is 5.16 Å². The van der Waals surface area contributed by atoms with Crippen molar-refractivity contribution < 1.29 is 47.0 Å². The second kappa shape index (κ2) is 10.9. The summed E-state index contributed by atoms with van der Waals surface area (Å²) in [6.07, 6.45) is 1.66. The van der Waals surface area contributed by atoms with Crippen molar-refractivity contribution in [2.24, 2.45) is 0 Å². The molecule has 3 aliphatic rings. The van der Waals surface area contributed by atoms with Crippen molar-refractivity contribution in [3.63, 3.8) is 0 Å². The predicted octanol–water partition coefficient (Wildman–Crippen LogP) is 5.05. The monoisotopic (exact) mass is 627 g/mol. The maximum absolute atomic E-state index is 13.8. The third-order valence-corrected chi connectivity index (χ3v) is 8.75. The van der Waals surface area contributed by atoms with Gasteiger partial charge in [0.2, 0.25) is 6.79 Å². The molecular weight excluding hydrogens is 601 g/mol. The maximum atomic E-state index is 13.8. The second-order valence-corrected chi connectivity index (χ2v) is 11.5. The first-order valence-electron chi connectivity index (χ1n) is 14.8. The van der Waals surface area contributed by atoms with Gasteiger partial charge in [-0.05, 0) is 36.2 Å². The van der Waals surface area contributed by atoms with Gasteiger partial charge in [0, 0.05) is 54.0 Å². The number of likely N-dealkylation sites (tertiary alicyclic amines) is 1. The summed E-state index contributed by atoms with van der Waals surface area (Å²) in [5, 5.41) is 5.60. The number of esters is 2. The summed E-state index contributed by atoms with van der Waals surface area (Å²) in [5.74, 6) is -3.92. The van der Waals surface area contributed by atoms with Crippen molar-refractivity contribution in [1.82, 2.24) is 14.6 Å². The SMILES string of the molecule is O=C1OC2(CC(c3noc4cc(F)ccc34)CCN2CC(COC(=O)n2ccc3cc4c(cc32)OCO4)c2ccccc2)OC1=O. The van der Waals surface area contributed by atoms with Crippen LogP contribution >= 0.6 is 0 Å². The van der Waals surface area contributed by atoms with Crippen LogP contribution in [0.4, 0.5) is 9.18 Å². The number of rotatable bonds is 6. The molecule has 0 saturated carbocycles. The molecule has 2 saturated heterocycles. The van der Waals surface area contributed by atoms with Crippen molar-refractivity contribution in [2.75, 3.05) is 26.5 Å². The molecule has 12 nitrogen and oxygen atoms in total. The van der Waals surface area contributed by atoms with Crippen LogP contribution in [0, 0.1) is 5.82 Å². The van der Waals surface area contributed by atoms with Crippen molar-refractivity contribution in [1.29, 1.82) is 0 Å². The number of fused-ring (bicyclic) bond motifs is 3. The Kier molecular flexibility index (Phi) is 6.64. The molecule has 5 aromatic rings. The maximum Gasteiger partial charge on any atom is 0.421 e. The molecule has 0 radical (unpaired) electrons. The number of hydrogen-bond donors (Lipinski definition) is 0. The zero-order valence-corrected chi connectivity index (χ0v) is 24.2. The smallest absolute Gasteiger partial charge is 0.421 e. The van der Waals surface area contributed by atoms with E-state index in [-0.39, 0.29) is 32.3 Å². The molecule has 13 heteroatoms. The molecule has 0 N–H and O–H groups in total. The topological polar surface area (TPSA) is 132 Å². The van der Waals surface area contributed by atoms with Gasteiger partial charge in [-0.3, -0.25) is 4.57 Å². The molecule has 3 aliphatic heterocycles. The lowest BCUT2D eigenvalue weighted by atomic mass is 9.88. The van der Waals surface area contributed by atoms with Crippen LogP contribution in [0.15, 0.2) is 77.4 Å². The first-order chi connectivity index (χ1) is 22.4. The molecule has 0 bridgehead atoms. The number of nitrogens with zero attached hydrogens (tertiary/aromatic N) is 3. The van der Waals surface area contributed by atoms with Gasteiger partial charge in [0.1, 0.15) is 12.4 Å². The number of halogens is 1. The van der Waals surface area contributed by atoms with Crippen LogP contribution in [0.3, 0.4) is 0 Å². The van der Waals surface area contributed by atoms with Gasteiger partial charge in [0.25, 0.3) is 0 Å². The molecule has 0 amide bonds. The van der Waals surface area contributed by atoms with E-state index in [9.17, 15) is 18.8 Å². The molecule has 2 unspecified atom stereocenters. The largest absolute Gasteiger partial charge is 0.454 e. The summed E-state index contributed by atoms with van der Waals surface area (Å²) in [4.78, 5) is 40.0. The highest BCUT2D eigenvalue weighted by Gasteiger charge is 2.57. The van der Waals surface area contributed by atoms with Crippen LogP contribution in [-0.4, -0.2) is 65.1 Å². The first-order valence-corrected chi connectivity index (χ1v) is 14.8. The van der Waals surface area contributed by atoms with Gasteiger partial charge in [0.15, 0.2) is 17.1 Å². The highest BCUT2D eigenvalue weighted by molar-refractivity contribution is 6.31. The van der Waals surface area contributed by atoms with Gasteiger partial charge >= 0.3 is 23.9 Å². The zero-order valence-electron chi connectivity index (χ0n) is 24.2. The average molecular weight is 628 g/mol. The summed E-state index contributed by atoms with van der Waals surface area (Å²) in [6, 6.07) is 19.0. The van der Waals surface area contributed by atoms with Crippen LogP contribution in [0.2, 0.25) is 0 Å². The Morgan fingerprint density at radius 1 is 1.02 bits per heavy atom. The third-order valence-electron chi connectivity index (χ3n) is 8.75. The van der Waals surface area contributed by atoms with E-state index in [0.29, 0.717) is 46.6 Å². The van der Waals surface area contributed by atoms with Crippen LogP contribution in [0.25, 0.3) is 21.9 Å². The van der Waals surface area contributed by atoms with Gasteiger partial charge in [-0.15, -0.1) is 0 Å². The lowest BCUT2D eigenvalue weighted by Crippen LogP contribution is -2.56. The van der Waals surface area contributed by atoms with E-state index < -0.39 is 35.7 Å². The van der Waals surface area contributed by atoms with Crippen molar-refractivity contribution >= 4 is 39.9 Å². The average Bonchev–Trinajstić information content (AvgIpc) is 3.84. The van der Waals surface area contributed by atoms with Gasteiger partial charge in [-0.2, -0.15) is 0 Å². The van der Waals surface area contributed by atoms with Gasteiger partial charge < -0.3 is 28.2 Å². The molecule has 2 aromatic heterocycles. The van der Waals surface area contributed by atoms with E-state index in [0.717, 1.165) is 10.9 Å². The number of piperidine rings is 1. The van der Waals surface area contributed by atoms with Crippen molar-refractivity contribution in [3.8, 4) is 11.5 Å². The Hall–Kier alpha value is -5.43. The quantitative estimate of drug-likeness (QED) is 0.185. The number of benzene rings is 3. The van der Waals surface area contributed by atoms with Crippen LogP contribution in [0.5, 0.6) is 11.5 Å². The predicted molar refractivity (Wildman–Crippen MR) is 156 cm³/mol. The first kappa shape index (κ1) is 28.1. The van der Waals surface area contributed by atoms with Crippen molar-refractivity contribution in [3.05, 3.63) is 90.0 Å². The fourth-order valence-electron chi connectivity index (χ4n) is 6.49. The van der Waals surface area contributed by atoms with Gasteiger partial charge in [0.05, 0.1) is 17.6 Å². The number of ether oxygens (including phenoxy) is 5. The highest BCUT2D eigenvalue weighted by Crippen LogP contribution is 2.44. The molecular formula is C33H26FN3O9. The summed E-state index contributed by atoms with van der Waals surface area (Å²) in [6.45, 7) is 0.655. The molecule has 1 spiro atoms. The van der Waals surface area contributed by atoms with Crippen LogP contribution in [0.1, 0.15) is 35.9 Å². The minimum atomic E-state index is -1.71. The fraction of sp³-hybridized carbons (Fsp3) is 0.273. The minimum Gasteiger partial charge on any atom is -0.454 e. The summed E-state index contributed by atoms with van der Waals surface area (Å²) in [7, 11) is 0. The Morgan fingerprint density at radius 3 is 2.61 bits per heavy atom. The van der Waals surface area contributed by atoms with E-state index in [4.69, 9.17) is 28.2 Å². The molecule has 46 heavy (non-hydrogen) atoms. The molecule has 0 aliphatic carbocycles. The fourth-order valence-corrected chi connectivity index (χ4v) is 6.49. The van der Waals surface area contributed by atoms with E-state index >= 15 is 0 Å². The number of hydrogen-bond acceptors (Lipinski definition) is 11. The summed E-state index contributed by atoms with van der Waals surface area (Å²) >= 11 is 0. The molecule has 5 heterocycles. The lowest BCUT2D eigenvalue weighted by Gasteiger charge is -2.44. The second-order valence-electron chi connectivity index (χ2n) is 11.5. The minimum absolute atomic E-state index is 0.0234. The zero-order chi connectivity index (χ0) is 31.4.